The summed E-state index contributed by atoms with van der Waals surface area (Å²) < 4.78 is 4.84. The summed E-state index contributed by atoms with van der Waals surface area (Å²) in [4.78, 5) is 19.5. The average molecular weight is 241 g/mol. The number of ether oxygens (including phenoxy) is 1. The van der Waals surface area contributed by atoms with Crippen LogP contribution in [0.1, 0.15) is 12.5 Å². The Morgan fingerprint density at radius 2 is 2.38 bits per heavy atom. The molecule has 1 rings (SSSR count). The molecule has 0 spiro atoms. The Labute approximate surface area is 99.0 Å². The number of carbonyl (C=O) groups excluding carboxylic acids is 1. The van der Waals surface area contributed by atoms with Gasteiger partial charge in [0.2, 0.25) is 5.95 Å². The van der Waals surface area contributed by atoms with Crippen LogP contribution < -0.4 is 5.32 Å². The molecule has 6 heteroatoms. The van der Waals surface area contributed by atoms with Crippen LogP contribution in [-0.4, -0.2) is 35.3 Å². The summed E-state index contributed by atoms with van der Waals surface area (Å²) in [5, 5.41) is 3.65. The van der Waals surface area contributed by atoms with Crippen LogP contribution in [0.2, 0.25) is 0 Å². The maximum Gasteiger partial charge on any atom is 0.316 e. The molecule has 0 amide bonds. The minimum atomic E-state index is -0.225. The summed E-state index contributed by atoms with van der Waals surface area (Å²) in [6, 6.07) is 0. The smallest absolute Gasteiger partial charge is 0.316 e. The van der Waals surface area contributed by atoms with E-state index in [4.69, 9.17) is 4.74 Å². The molecule has 0 radical (unpaired) electrons. The molecule has 1 N–H and O–H groups in total. The minimum absolute atomic E-state index is 0.225. The highest BCUT2D eigenvalue weighted by Crippen LogP contribution is 2.20. The van der Waals surface area contributed by atoms with Crippen molar-refractivity contribution in [3.63, 3.8) is 0 Å². The first-order chi connectivity index (χ1) is 7.67. The first-order valence-corrected chi connectivity index (χ1v) is 5.95. The fraction of sp³-hybridized carbons (Fsp3) is 0.500. The fourth-order valence-corrected chi connectivity index (χ4v) is 1.79. The number of thioether (sulfide) groups is 1. The average Bonchev–Trinajstić information content (AvgIpc) is 2.28. The Balaban J connectivity index is 2.62. The van der Waals surface area contributed by atoms with Gasteiger partial charge in [-0.05, 0) is 19.4 Å². The maximum absolute atomic E-state index is 11.2. The zero-order chi connectivity index (χ0) is 12.0. The fourth-order valence-electron chi connectivity index (χ4n) is 1.02. The number of hydrogen-bond donors (Lipinski definition) is 1. The number of aryl methyl sites for hydroxylation is 1. The third-order valence-corrected chi connectivity index (χ3v) is 2.85. The van der Waals surface area contributed by atoms with Crippen LogP contribution in [-0.2, 0) is 9.53 Å². The molecular formula is C10H15N3O2S. The van der Waals surface area contributed by atoms with Crippen LogP contribution in [0.25, 0.3) is 0 Å². The zero-order valence-electron chi connectivity index (χ0n) is 9.61. The molecule has 1 heterocycles. The van der Waals surface area contributed by atoms with E-state index < -0.39 is 0 Å². The highest BCUT2D eigenvalue weighted by Gasteiger charge is 2.07. The van der Waals surface area contributed by atoms with Gasteiger partial charge in [0.25, 0.3) is 0 Å². The molecular weight excluding hydrogens is 226 g/mol. The highest BCUT2D eigenvalue weighted by molar-refractivity contribution is 7.99. The van der Waals surface area contributed by atoms with E-state index in [1.807, 2.05) is 6.92 Å². The first-order valence-electron chi connectivity index (χ1n) is 4.97. The van der Waals surface area contributed by atoms with Gasteiger partial charge in [0, 0.05) is 13.2 Å². The quantitative estimate of drug-likeness (QED) is 0.478. The monoisotopic (exact) mass is 241 g/mol. The summed E-state index contributed by atoms with van der Waals surface area (Å²) in [7, 11) is 1.75. The largest absolute Gasteiger partial charge is 0.465 e. The van der Waals surface area contributed by atoms with Crippen molar-refractivity contribution in [1.29, 1.82) is 0 Å². The van der Waals surface area contributed by atoms with Gasteiger partial charge in [-0.3, -0.25) is 4.79 Å². The van der Waals surface area contributed by atoms with E-state index in [0.717, 1.165) is 10.6 Å². The molecule has 0 aliphatic heterocycles. The topological polar surface area (TPSA) is 64.1 Å². The van der Waals surface area contributed by atoms with E-state index >= 15 is 0 Å². The van der Waals surface area contributed by atoms with Crippen molar-refractivity contribution in [3.05, 3.63) is 11.8 Å². The van der Waals surface area contributed by atoms with E-state index in [0.29, 0.717) is 12.6 Å². The lowest BCUT2D eigenvalue weighted by Crippen LogP contribution is -2.07. The SMILES string of the molecule is CCOC(=O)CSc1nc(NC)ncc1C. The normalized spacial score (nSPS) is 9.94. The molecule has 0 aliphatic carbocycles. The van der Waals surface area contributed by atoms with Gasteiger partial charge >= 0.3 is 5.97 Å². The summed E-state index contributed by atoms with van der Waals surface area (Å²) >= 11 is 1.36. The molecule has 0 atom stereocenters. The van der Waals surface area contributed by atoms with Crippen molar-refractivity contribution in [1.82, 2.24) is 9.97 Å². The molecule has 88 valence electrons. The molecule has 0 bridgehead atoms. The Kier molecular flexibility index (Phi) is 5.04. The third-order valence-electron chi connectivity index (χ3n) is 1.78. The van der Waals surface area contributed by atoms with Crippen LogP contribution in [0.3, 0.4) is 0 Å². The Morgan fingerprint density at radius 3 is 3.00 bits per heavy atom. The van der Waals surface area contributed by atoms with Crippen LogP contribution in [0, 0.1) is 6.92 Å². The highest BCUT2D eigenvalue weighted by atomic mass is 32.2. The third kappa shape index (κ3) is 3.69. The number of aromatic nitrogens is 2. The van der Waals surface area contributed by atoms with Crippen molar-refractivity contribution < 1.29 is 9.53 Å². The van der Waals surface area contributed by atoms with Gasteiger partial charge < -0.3 is 10.1 Å². The summed E-state index contributed by atoms with van der Waals surface area (Å²) in [5.41, 5.74) is 0.952. The lowest BCUT2D eigenvalue weighted by molar-refractivity contribution is -0.139. The number of nitrogens with one attached hydrogen (secondary N) is 1. The van der Waals surface area contributed by atoms with Crippen molar-refractivity contribution in [2.75, 3.05) is 24.7 Å². The Bertz CT molecular complexity index is 371. The maximum atomic E-state index is 11.2. The molecule has 1 aromatic rings. The number of carbonyl (C=O) groups is 1. The second-order valence-corrected chi connectivity index (χ2v) is 3.99. The van der Waals surface area contributed by atoms with Gasteiger partial charge in [-0.25, -0.2) is 9.97 Å². The Hall–Kier alpha value is -1.30. The van der Waals surface area contributed by atoms with E-state index in [-0.39, 0.29) is 11.7 Å². The molecule has 0 aromatic carbocycles. The summed E-state index contributed by atoms with van der Waals surface area (Å²) in [6.45, 7) is 4.11. The van der Waals surface area contributed by atoms with Gasteiger partial charge in [-0.2, -0.15) is 0 Å². The van der Waals surface area contributed by atoms with E-state index in [2.05, 4.69) is 15.3 Å². The molecule has 0 fully saturated rings. The van der Waals surface area contributed by atoms with E-state index in [1.165, 1.54) is 11.8 Å². The van der Waals surface area contributed by atoms with Gasteiger partial charge in [0.1, 0.15) is 5.03 Å². The van der Waals surface area contributed by atoms with Crippen LogP contribution in [0.5, 0.6) is 0 Å². The lowest BCUT2D eigenvalue weighted by atomic mass is 10.4. The number of nitrogens with zero attached hydrogens (tertiary/aromatic N) is 2. The predicted octanol–water partition coefficient (Wildman–Crippen LogP) is 1.48. The van der Waals surface area contributed by atoms with Crippen molar-refractivity contribution >= 4 is 23.7 Å². The van der Waals surface area contributed by atoms with Gasteiger partial charge in [-0.15, -0.1) is 0 Å². The number of hydrogen-bond acceptors (Lipinski definition) is 6. The molecule has 0 saturated carbocycles. The molecule has 5 nitrogen and oxygen atoms in total. The second kappa shape index (κ2) is 6.32. The standard InChI is InChI=1S/C10H15N3O2S/c1-4-15-8(14)6-16-9-7(2)5-12-10(11-3)13-9/h5H,4,6H2,1-3H3,(H,11,12,13). The molecule has 1 aromatic heterocycles. The second-order valence-electron chi connectivity index (χ2n) is 3.03. The summed E-state index contributed by atoms with van der Waals surface area (Å²) in [5.74, 6) is 0.600. The van der Waals surface area contributed by atoms with Gasteiger partial charge in [-0.1, -0.05) is 11.8 Å². The van der Waals surface area contributed by atoms with Crippen LogP contribution in [0.4, 0.5) is 5.95 Å². The molecule has 0 saturated heterocycles. The van der Waals surface area contributed by atoms with Crippen LogP contribution in [0.15, 0.2) is 11.2 Å². The van der Waals surface area contributed by atoms with Crippen molar-refractivity contribution in [2.24, 2.45) is 0 Å². The predicted molar refractivity (Wildman–Crippen MR) is 63.7 cm³/mol. The van der Waals surface area contributed by atoms with Crippen molar-refractivity contribution in [3.8, 4) is 0 Å². The number of esters is 1. The number of rotatable bonds is 5. The molecule has 0 unspecified atom stereocenters. The molecule has 0 aliphatic rings. The van der Waals surface area contributed by atoms with E-state index in [9.17, 15) is 4.79 Å². The van der Waals surface area contributed by atoms with Crippen LogP contribution >= 0.6 is 11.8 Å². The molecule has 16 heavy (non-hydrogen) atoms. The van der Waals surface area contributed by atoms with Gasteiger partial charge in [0.15, 0.2) is 0 Å². The zero-order valence-corrected chi connectivity index (χ0v) is 10.4. The Morgan fingerprint density at radius 1 is 1.62 bits per heavy atom. The lowest BCUT2D eigenvalue weighted by Gasteiger charge is -2.06. The van der Waals surface area contributed by atoms with Crippen molar-refractivity contribution in [2.45, 2.75) is 18.9 Å². The summed E-state index contributed by atoms with van der Waals surface area (Å²) in [6.07, 6.45) is 1.73. The van der Waals surface area contributed by atoms with E-state index in [1.54, 1.807) is 20.2 Å². The minimum Gasteiger partial charge on any atom is -0.465 e. The number of anilines is 1. The first kappa shape index (κ1) is 12.8. The van der Waals surface area contributed by atoms with Gasteiger partial charge in [0.05, 0.1) is 12.4 Å².